The van der Waals surface area contributed by atoms with Gasteiger partial charge in [0.25, 0.3) is 0 Å². The molecule has 2 aliphatic rings. The molecule has 2 fully saturated rings. The average molecular weight is 194 g/mol. The maximum absolute atomic E-state index is 2.40. The fourth-order valence-corrected chi connectivity index (χ4v) is 3.77. The molecule has 2 saturated carbocycles. The van der Waals surface area contributed by atoms with Crippen LogP contribution in [0.5, 0.6) is 0 Å². The van der Waals surface area contributed by atoms with Gasteiger partial charge in [-0.05, 0) is 42.4 Å². The van der Waals surface area contributed by atoms with Crippen molar-refractivity contribution in [2.24, 2.45) is 23.2 Å². The van der Waals surface area contributed by atoms with Crippen LogP contribution in [0, 0.1) is 23.2 Å². The molecule has 0 aromatic heterocycles. The number of rotatable bonds is 1. The van der Waals surface area contributed by atoms with Gasteiger partial charge in [0.15, 0.2) is 0 Å². The predicted molar refractivity (Wildman–Crippen MR) is 62.2 cm³/mol. The molecule has 0 spiro atoms. The second-order valence-corrected chi connectivity index (χ2v) is 6.99. The van der Waals surface area contributed by atoms with Crippen LogP contribution >= 0.6 is 0 Å². The molecule has 2 rings (SSSR count). The first-order valence-electron chi connectivity index (χ1n) is 6.53. The molecule has 3 unspecified atom stereocenters. The van der Waals surface area contributed by atoms with E-state index in [0.717, 1.165) is 17.8 Å². The maximum Gasteiger partial charge on any atom is -0.0380 e. The van der Waals surface area contributed by atoms with Gasteiger partial charge in [-0.25, -0.2) is 0 Å². The van der Waals surface area contributed by atoms with Crippen LogP contribution in [-0.4, -0.2) is 0 Å². The van der Waals surface area contributed by atoms with Gasteiger partial charge in [0, 0.05) is 0 Å². The van der Waals surface area contributed by atoms with Crippen LogP contribution in [-0.2, 0) is 0 Å². The molecule has 2 aliphatic carbocycles. The van der Waals surface area contributed by atoms with Gasteiger partial charge in [-0.2, -0.15) is 0 Å². The smallest absolute Gasteiger partial charge is 0.0380 e. The van der Waals surface area contributed by atoms with Crippen molar-refractivity contribution in [3.05, 3.63) is 0 Å². The highest BCUT2D eigenvalue weighted by Gasteiger charge is 2.32. The Bertz CT molecular complexity index is 187. The molecule has 0 N–H and O–H groups in total. The summed E-state index contributed by atoms with van der Waals surface area (Å²) < 4.78 is 0. The molecule has 0 aromatic carbocycles. The SMILES string of the molecule is CC(C)(C)CC1CCC2CCC(C2)C1. The van der Waals surface area contributed by atoms with E-state index in [0.29, 0.717) is 5.41 Å². The van der Waals surface area contributed by atoms with Crippen LogP contribution in [0.25, 0.3) is 0 Å². The van der Waals surface area contributed by atoms with Gasteiger partial charge in [-0.15, -0.1) is 0 Å². The summed E-state index contributed by atoms with van der Waals surface area (Å²) in [5.74, 6) is 3.27. The molecule has 0 aliphatic heterocycles. The van der Waals surface area contributed by atoms with E-state index in [1.165, 1.54) is 19.3 Å². The highest BCUT2D eigenvalue weighted by atomic mass is 14.4. The first kappa shape index (κ1) is 10.5. The molecule has 0 radical (unpaired) electrons. The summed E-state index contributed by atoms with van der Waals surface area (Å²) in [6.45, 7) is 7.20. The largest absolute Gasteiger partial charge is 0.0602 e. The molecule has 0 nitrogen and oxygen atoms in total. The molecule has 14 heavy (non-hydrogen) atoms. The van der Waals surface area contributed by atoms with Gasteiger partial charge in [-0.1, -0.05) is 46.5 Å². The Morgan fingerprint density at radius 1 is 0.857 bits per heavy atom. The fourth-order valence-electron chi connectivity index (χ4n) is 3.77. The van der Waals surface area contributed by atoms with E-state index in [9.17, 15) is 0 Å². The van der Waals surface area contributed by atoms with Crippen LogP contribution in [0.3, 0.4) is 0 Å². The summed E-state index contributed by atoms with van der Waals surface area (Å²) in [6, 6.07) is 0. The van der Waals surface area contributed by atoms with Gasteiger partial charge in [-0.3, -0.25) is 0 Å². The Morgan fingerprint density at radius 2 is 1.50 bits per heavy atom. The zero-order valence-corrected chi connectivity index (χ0v) is 10.2. The van der Waals surface area contributed by atoms with Crippen molar-refractivity contribution in [2.45, 2.75) is 65.7 Å². The molecular formula is C14H26. The van der Waals surface area contributed by atoms with E-state index in [4.69, 9.17) is 0 Å². The van der Waals surface area contributed by atoms with Crippen molar-refractivity contribution in [3.63, 3.8) is 0 Å². The van der Waals surface area contributed by atoms with E-state index >= 15 is 0 Å². The Balaban J connectivity index is 1.89. The predicted octanol–water partition coefficient (Wildman–Crippen LogP) is 4.64. The molecular weight excluding hydrogens is 168 g/mol. The van der Waals surface area contributed by atoms with E-state index in [1.807, 2.05) is 0 Å². The number of hydrogen-bond acceptors (Lipinski definition) is 0. The summed E-state index contributed by atoms with van der Waals surface area (Å²) in [5.41, 5.74) is 0.550. The third-order valence-electron chi connectivity index (χ3n) is 4.20. The van der Waals surface area contributed by atoms with Crippen LogP contribution in [0.1, 0.15) is 65.7 Å². The van der Waals surface area contributed by atoms with Crippen molar-refractivity contribution in [2.75, 3.05) is 0 Å². The lowest BCUT2D eigenvalue weighted by molar-refractivity contribution is 0.245. The fraction of sp³-hybridized carbons (Fsp3) is 1.00. The molecule has 0 amide bonds. The van der Waals surface area contributed by atoms with Crippen LogP contribution in [0.2, 0.25) is 0 Å². The van der Waals surface area contributed by atoms with Gasteiger partial charge in [0.05, 0.1) is 0 Å². The van der Waals surface area contributed by atoms with E-state index in [2.05, 4.69) is 20.8 Å². The molecule has 0 aromatic rings. The van der Waals surface area contributed by atoms with Gasteiger partial charge in [0.1, 0.15) is 0 Å². The van der Waals surface area contributed by atoms with Crippen LogP contribution in [0.4, 0.5) is 0 Å². The Labute approximate surface area is 89.5 Å². The average Bonchev–Trinajstić information content (AvgIpc) is 2.35. The number of hydrogen-bond donors (Lipinski definition) is 0. The third-order valence-corrected chi connectivity index (χ3v) is 4.20. The summed E-state index contributed by atoms with van der Waals surface area (Å²) in [4.78, 5) is 0. The van der Waals surface area contributed by atoms with Crippen molar-refractivity contribution < 1.29 is 0 Å². The lowest BCUT2D eigenvalue weighted by atomic mass is 9.79. The highest BCUT2D eigenvalue weighted by Crippen LogP contribution is 2.45. The topological polar surface area (TPSA) is 0 Å². The zero-order valence-electron chi connectivity index (χ0n) is 10.2. The lowest BCUT2D eigenvalue weighted by Crippen LogP contribution is -2.15. The summed E-state index contributed by atoms with van der Waals surface area (Å²) >= 11 is 0. The quantitative estimate of drug-likeness (QED) is 0.570. The molecule has 2 bridgehead atoms. The van der Waals surface area contributed by atoms with Crippen molar-refractivity contribution in [1.29, 1.82) is 0 Å². The molecule has 82 valence electrons. The minimum absolute atomic E-state index is 0.550. The zero-order chi connectivity index (χ0) is 10.2. The Kier molecular flexibility index (Phi) is 2.91. The summed E-state index contributed by atoms with van der Waals surface area (Å²) in [6.07, 6.45) is 10.7. The standard InChI is InChI=1S/C14H26/c1-14(2,3)10-13-7-5-11-4-6-12(8-11)9-13/h11-13H,4-10H2,1-3H3. The van der Waals surface area contributed by atoms with E-state index < -0.39 is 0 Å². The van der Waals surface area contributed by atoms with Crippen molar-refractivity contribution >= 4 is 0 Å². The molecule has 0 heterocycles. The summed E-state index contributed by atoms with van der Waals surface area (Å²) in [5, 5.41) is 0. The maximum atomic E-state index is 2.40. The highest BCUT2D eigenvalue weighted by molar-refractivity contribution is 4.84. The van der Waals surface area contributed by atoms with Gasteiger partial charge >= 0.3 is 0 Å². The van der Waals surface area contributed by atoms with Crippen LogP contribution < -0.4 is 0 Å². The normalized spacial score (nSPS) is 38.4. The van der Waals surface area contributed by atoms with Gasteiger partial charge < -0.3 is 0 Å². The second-order valence-electron chi connectivity index (χ2n) is 6.99. The molecule has 3 atom stereocenters. The minimum Gasteiger partial charge on any atom is -0.0602 e. The number of fused-ring (bicyclic) bond motifs is 2. The minimum atomic E-state index is 0.550. The summed E-state index contributed by atoms with van der Waals surface area (Å²) in [7, 11) is 0. The first-order chi connectivity index (χ1) is 6.53. The van der Waals surface area contributed by atoms with Crippen molar-refractivity contribution in [1.82, 2.24) is 0 Å². The third kappa shape index (κ3) is 2.74. The van der Waals surface area contributed by atoms with E-state index in [-0.39, 0.29) is 0 Å². The monoisotopic (exact) mass is 194 g/mol. The second kappa shape index (κ2) is 3.87. The first-order valence-corrected chi connectivity index (χ1v) is 6.53. The Morgan fingerprint density at radius 3 is 2.21 bits per heavy atom. The molecule has 0 heteroatoms. The molecule has 0 saturated heterocycles. The lowest BCUT2D eigenvalue weighted by Gasteiger charge is -2.27. The van der Waals surface area contributed by atoms with Crippen molar-refractivity contribution in [3.8, 4) is 0 Å². The van der Waals surface area contributed by atoms with E-state index in [1.54, 1.807) is 25.7 Å². The van der Waals surface area contributed by atoms with Gasteiger partial charge in [0.2, 0.25) is 0 Å². The Hall–Kier alpha value is 0. The van der Waals surface area contributed by atoms with Crippen LogP contribution in [0.15, 0.2) is 0 Å².